The third-order valence-corrected chi connectivity index (χ3v) is 3.04. The van der Waals surface area contributed by atoms with E-state index in [-0.39, 0.29) is 0 Å². The first kappa shape index (κ1) is 17.9. The van der Waals surface area contributed by atoms with Gasteiger partial charge in [-0.15, -0.1) is 0 Å². The van der Waals surface area contributed by atoms with Gasteiger partial charge in [-0.25, -0.2) is 4.98 Å². The monoisotopic (exact) mass is 299 g/mol. The maximum absolute atomic E-state index is 5.42. The van der Waals surface area contributed by atoms with Gasteiger partial charge in [0.25, 0.3) is 0 Å². The lowest BCUT2D eigenvalue weighted by atomic mass is 10.3. The van der Waals surface area contributed by atoms with Crippen molar-refractivity contribution in [3.8, 4) is 0 Å². The van der Waals surface area contributed by atoms with Crippen molar-refractivity contribution in [1.29, 1.82) is 0 Å². The highest BCUT2D eigenvalue weighted by molar-refractivity contribution is 5.25. The van der Waals surface area contributed by atoms with E-state index in [1.54, 1.807) is 7.11 Å². The molecule has 0 aliphatic heterocycles. The number of aromatic nitrogens is 2. The Kier molecular flexibility index (Phi) is 10.8. The predicted molar refractivity (Wildman–Crippen MR) is 83.8 cm³/mol. The Hall–Kier alpha value is -1.11. The van der Waals surface area contributed by atoms with Gasteiger partial charge < -0.3 is 24.1 Å². The summed E-state index contributed by atoms with van der Waals surface area (Å²) in [6.45, 7) is 7.57. The molecule has 6 nitrogen and oxygen atoms in total. The normalized spacial score (nSPS) is 11.0. The van der Waals surface area contributed by atoms with Gasteiger partial charge in [0.15, 0.2) is 0 Å². The van der Waals surface area contributed by atoms with Crippen LogP contribution in [-0.2, 0) is 20.8 Å². The highest BCUT2D eigenvalue weighted by atomic mass is 16.5. The SMILES string of the molecule is CCOCCCn1ccnc1NCCCCOCCOC. The van der Waals surface area contributed by atoms with Gasteiger partial charge in [0, 0.05) is 52.4 Å². The number of unbranched alkanes of at least 4 members (excludes halogenated alkanes) is 1. The van der Waals surface area contributed by atoms with Crippen LogP contribution in [0.4, 0.5) is 5.95 Å². The van der Waals surface area contributed by atoms with E-state index in [1.165, 1.54) is 0 Å². The summed E-state index contributed by atoms with van der Waals surface area (Å²) in [4.78, 5) is 4.34. The van der Waals surface area contributed by atoms with Crippen LogP contribution in [-0.4, -0.2) is 56.2 Å². The van der Waals surface area contributed by atoms with Gasteiger partial charge in [-0.3, -0.25) is 0 Å². The van der Waals surface area contributed by atoms with Crippen molar-refractivity contribution in [2.75, 3.05) is 52.0 Å². The Morgan fingerprint density at radius 2 is 1.95 bits per heavy atom. The second kappa shape index (κ2) is 12.6. The number of nitrogens with zero attached hydrogens (tertiary/aromatic N) is 2. The molecule has 0 aromatic carbocycles. The van der Waals surface area contributed by atoms with Crippen LogP contribution in [0.3, 0.4) is 0 Å². The Morgan fingerprint density at radius 1 is 1.10 bits per heavy atom. The van der Waals surface area contributed by atoms with Crippen LogP contribution in [0.25, 0.3) is 0 Å². The topological polar surface area (TPSA) is 57.5 Å². The highest BCUT2D eigenvalue weighted by Crippen LogP contribution is 2.06. The third-order valence-electron chi connectivity index (χ3n) is 3.04. The quantitative estimate of drug-likeness (QED) is 0.534. The maximum atomic E-state index is 5.42. The summed E-state index contributed by atoms with van der Waals surface area (Å²) in [5.41, 5.74) is 0. The van der Waals surface area contributed by atoms with Gasteiger partial charge >= 0.3 is 0 Å². The molecule has 1 N–H and O–H groups in total. The smallest absolute Gasteiger partial charge is 0.202 e. The fourth-order valence-corrected chi connectivity index (χ4v) is 1.91. The predicted octanol–water partition coefficient (Wildman–Crippen LogP) is 2.16. The highest BCUT2D eigenvalue weighted by Gasteiger charge is 2.01. The molecule has 0 aliphatic carbocycles. The van der Waals surface area contributed by atoms with Crippen LogP contribution < -0.4 is 5.32 Å². The molecule has 0 radical (unpaired) electrons. The third kappa shape index (κ3) is 8.70. The largest absolute Gasteiger partial charge is 0.382 e. The fourth-order valence-electron chi connectivity index (χ4n) is 1.91. The van der Waals surface area contributed by atoms with E-state index in [9.17, 15) is 0 Å². The van der Waals surface area contributed by atoms with Crippen molar-refractivity contribution in [2.45, 2.75) is 32.7 Å². The van der Waals surface area contributed by atoms with Crippen molar-refractivity contribution in [1.82, 2.24) is 9.55 Å². The molecule has 6 heteroatoms. The van der Waals surface area contributed by atoms with Crippen molar-refractivity contribution < 1.29 is 14.2 Å². The lowest BCUT2D eigenvalue weighted by Gasteiger charge is -2.10. The number of imidazole rings is 1. The average Bonchev–Trinajstić information content (AvgIpc) is 2.94. The minimum atomic E-state index is 0.664. The molecule has 0 bridgehead atoms. The molecule has 1 heterocycles. The summed E-state index contributed by atoms with van der Waals surface area (Å²) in [5.74, 6) is 0.937. The number of hydrogen-bond donors (Lipinski definition) is 1. The molecule has 0 atom stereocenters. The summed E-state index contributed by atoms with van der Waals surface area (Å²) < 4.78 is 17.8. The molecule has 0 saturated carbocycles. The van der Waals surface area contributed by atoms with Gasteiger partial charge in [0.1, 0.15) is 0 Å². The van der Waals surface area contributed by atoms with E-state index in [0.29, 0.717) is 13.2 Å². The summed E-state index contributed by atoms with van der Waals surface area (Å²) in [6.07, 6.45) is 6.95. The van der Waals surface area contributed by atoms with E-state index < -0.39 is 0 Å². The Bertz CT molecular complexity index is 345. The lowest BCUT2D eigenvalue weighted by Crippen LogP contribution is -2.11. The standard InChI is InChI=1S/C15H29N3O3/c1-3-20-12-6-9-18-10-8-17-15(18)16-7-4-5-11-21-14-13-19-2/h8,10H,3-7,9,11-14H2,1-2H3,(H,16,17). The summed E-state index contributed by atoms with van der Waals surface area (Å²) >= 11 is 0. The molecule has 122 valence electrons. The van der Waals surface area contributed by atoms with Crippen LogP contribution >= 0.6 is 0 Å². The van der Waals surface area contributed by atoms with Gasteiger partial charge in [0.2, 0.25) is 5.95 Å². The molecular formula is C15H29N3O3. The van der Waals surface area contributed by atoms with E-state index in [0.717, 1.165) is 58.1 Å². The van der Waals surface area contributed by atoms with Crippen molar-refractivity contribution in [3.05, 3.63) is 12.4 Å². The molecule has 1 aromatic heterocycles. The van der Waals surface area contributed by atoms with E-state index in [2.05, 4.69) is 14.9 Å². The van der Waals surface area contributed by atoms with Crippen LogP contribution in [0.2, 0.25) is 0 Å². The first-order chi connectivity index (χ1) is 10.4. The number of aryl methyl sites for hydroxylation is 1. The van der Waals surface area contributed by atoms with E-state index in [4.69, 9.17) is 14.2 Å². The minimum absolute atomic E-state index is 0.664. The Morgan fingerprint density at radius 3 is 2.76 bits per heavy atom. The van der Waals surface area contributed by atoms with E-state index >= 15 is 0 Å². The minimum Gasteiger partial charge on any atom is -0.382 e. The molecule has 1 rings (SSSR count). The van der Waals surface area contributed by atoms with Gasteiger partial charge in [0.05, 0.1) is 13.2 Å². The molecule has 0 fully saturated rings. The van der Waals surface area contributed by atoms with Crippen LogP contribution in [0.15, 0.2) is 12.4 Å². The Balaban J connectivity index is 2.05. The molecule has 0 unspecified atom stereocenters. The molecular weight excluding hydrogens is 270 g/mol. The number of rotatable bonds is 14. The molecule has 0 aliphatic rings. The van der Waals surface area contributed by atoms with Crippen LogP contribution in [0.1, 0.15) is 26.2 Å². The fraction of sp³-hybridized carbons (Fsp3) is 0.800. The first-order valence-corrected chi connectivity index (χ1v) is 7.78. The molecule has 0 amide bonds. The van der Waals surface area contributed by atoms with E-state index in [1.807, 2.05) is 19.3 Å². The summed E-state index contributed by atoms with van der Waals surface area (Å²) in [5, 5.41) is 3.37. The zero-order valence-electron chi connectivity index (χ0n) is 13.3. The maximum Gasteiger partial charge on any atom is 0.202 e. The zero-order valence-corrected chi connectivity index (χ0v) is 13.3. The summed E-state index contributed by atoms with van der Waals surface area (Å²) in [7, 11) is 1.68. The number of hydrogen-bond acceptors (Lipinski definition) is 5. The molecule has 1 aromatic rings. The first-order valence-electron chi connectivity index (χ1n) is 7.78. The van der Waals surface area contributed by atoms with Crippen molar-refractivity contribution in [3.63, 3.8) is 0 Å². The molecule has 21 heavy (non-hydrogen) atoms. The van der Waals surface area contributed by atoms with Crippen LogP contribution in [0, 0.1) is 0 Å². The number of anilines is 1. The zero-order chi connectivity index (χ0) is 15.2. The summed E-state index contributed by atoms with van der Waals surface area (Å²) in [6, 6.07) is 0. The van der Waals surface area contributed by atoms with Crippen LogP contribution in [0.5, 0.6) is 0 Å². The molecule has 0 saturated heterocycles. The number of methoxy groups -OCH3 is 1. The van der Waals surface area contributed by atoms with Gasteiger partial charge in [-0.05, 0) is 26.2 Å². The average molecular weight is 299 g/mol. The lowest BCUT2D eigenvalue weighted by molar-refractivity contribution is 0.0691. The molecule has 0 spiro atoms. The Labute approximate surface area is 127 Å². The van der Waals surface area contributed by atoms with Crippen molar-refractivity contribution in [2.24, 2.45) is 0 Å². The second-order valence-electron chi connectivity index (χ2n) is 4.73. The number of ether oxygens (including phenoxy) is 3. The number of nitrogens with one attached hydrogen (secondary N) is 1. The van der Waals surface area contributed by atoms with Gasteiger partial charge in [-0.1, -0.05) is 0 Å². The van der Waals surface area contributed by atoms with Gasteiger partial charge in [-0.2, -0.15) is 0 Å². The van der Waals surface area contributed by atoms with Crippen molar-refractivity contribution >= 4 is 5.95 Å². The second-order valence-corrected chi connectivity index (χ2v) is 4.73.